The molecular formula is C14H17N3O. The maximum absolute atomic E-state index is 8.69. The lowest BCUT2D eigenvalue weighted by molar-refractivity contribution is 0.292. The topological polar surface area (TPSA) is 58.0 Å². The number of benzene rings is 1. The number of hydrogen-bond donors (Lipinski definition) is 2. The Balaban J connectivity index is 2.10. The fourth-order valence-corrected chi connectivity index (χ4v) is 1.73. The third-order valence-corrected chi connectivity index (χ3v) is 2.73. The average molecular weight is 243 g/mol. The van der Waals surface area contributed by atoms with Crippen LogP contribution in [-0.4, -0.2) is 28.2 Å². The number of aliphatic hydroxyl groups is 1. The molecule has 18 heavy (non-hydrogen) atoms. The van der Waals surface area contributed by atoms with Crippen LogP contribution >= 0.6 is 0 Å². The molecule has 2 aromatic rings. The summed E-state index contributed by atoms with van der Waals surface area (Å²) in [5.74, 6) is 0.598. The molecule has 0 amide bonds. The fraction of sp³-hybridized carbons (Fsp3) is 0.286. The number of aryl methyl sites for hydroxylation is 1. The van der Waals surface area contributed by atoms with Gasteiger partial charge in [-0.2, -0.15) is 0 Å². The number of anilines is 1. The van der Waals surface area contributed by atoms with Crippen LogP contribution in [-0.2, 0) is 0 Å². The van der Waals surface area contributed by atoms with Crippen molar-refractivity contribution < 1.29 is 5.11 Å². The summed E-state index contributed by atoms with van der Waals surface area (Å²) in [4.78, 5) is 8.53. The van der Waals surface area contributed by atoms with Crippen molar-refractivity contribution >= 4 is 5.95 Å². The van der Waals surface area contributed by atoms with Crippen LogP contribution in [0.3, 0.4) is 0 Å². The fourth-order valence-electron chi connectivity index (χ4n) is 1.73. The van der Waals surface area contributed by atoms with Gasteiger partial charge >= 0.3 is 0 Å². The highest BCUT2D eigenvalue weighted by molar-refractivity contribution is 5.65. The summed E-state index contributed by atoms with van der Waals surface area (Å²) in [5, 5.41) is 11.7. The second kappa shape index (κ2) is 6.12. The van der Waals surface area contributed by atoms with Crippen LogP contribution in [0.15, 0.2) is 36.7 Å². The predicted octanol–water partition coefficient (Wildman–Crippen LogP) is 2.25. The van der Waals surface area contributed by atoms with Crippen LogP contribution in [0.4, 0.5) is 5.95 Å². The molecule has 0 atom stereocenters. The zero-order valence-electron chi connectivity index (χ0n) is 10.4. The van der Waals surface area contributed by atoms with E-state index in [9.17, 15) is 0 Å². The highest BCUT2D eigenvalue weighted by Gasteiger charge is 2.02. The molecule has 0 saturated carbocycles. The van der Waals surface area contributed by atoms with Gasteiger partial charge in [0.05, 0.1) is 0 Å². The summed E-state index contributed by atoms with van der Waals surface area (Å²) in [5.41, 5.74) is 3.38. The minimum absolute atomic E-state index is 0.175. The molecule has 0 bridgehead atoms. The Morgan fingerprint density at radius 3 is 2.56 bits per heavy atom. The van der Waals surface area contributed by atoms with E-state index in [4.69, 9.17) is 5.11 Å². The van der Waals surface area contributed by atoms with E-state index in [-0.39, 0.29) is 6.61 Å². The van der Waals surface area contributed by atoms with Crippen LogP contribution in [0.5, 0.6) is 0 Å². The molecule has 0 aliphatic heterocycles. The monoisotopic (exact) mass is 243 g/mol. The number of aromatic nitrogens is 2. The summed E-state index contributed by atoms with van der Waals surface area (Å²) in [6.45, 7) is 2.93. The van der Waals surface area contributed by atoms with E-state index in [0.717, 1.165) is 11.1 Å². The normalized spacial score (nSPS) is 10.3. The molecule has 1 heterocycles. The zero-order chi connectivity index (χ0) is 12.8. The molecule has 2 N–H and O–H groups in total. The van der Waals surface area contributed by atoms with E-state index in [1.807, 2.05) is 24.5 Å². The number of nitrogens with one attached hydrogen (secondary N) is 1. The standard InChI is InChI=1S/C14H17N3O/c1-11-5-2-3-6-13(11)12-9-16-14(17-10-12)15-7-4-8-18/h2-3,5-6,9-10,18H,4,7-8H2,1H3,(H,15,16,17). The minimum Gasteiger partial charge on any atom is -0.396 e. The molecule has 0 aliphatic carbocycles. The Kier molecular flexibility index (Phi) is 4.25. The van der Waals surface area contributed by atoms with Crippen molar-refractivity contribution in [3.8, 4) is 11.1 Å². The molecule has 2 rings (SSSR count). The molecule has 94 valence electrons. The minimum atomic E-state index is 0.175. The Labute approximate surface area is 107 Å². The number of rotatable bonds is 5. The van der Waals surface area contributed by atoms with Crippen LogP contribution in [0.2, 0.25) is 0 Å². The zero-order valence-corrected chi connectivity index (χ0v) is 10.4. The number of aliphatic hydroxyl groups excluding tert-OH is 1. The molecule has 0 spiro atoms. The van der Waals surface area contributed by atoms with Crippen molar-refractivity contribution in [3.05, 3.63) is 42.2 Å². The van der Waals surface area contributed by atoms with Gasteiger partial charge in [-0.25, -0.2) is 9.97 Å². The van der Waals surface area contributed by atoms with Crippen LogP contribution < -0.4 is 5.32 Å². The van der Waals surface area contributed by atoms with Gasteiger partial charge in [-0.05, 0) is 24.5 Å². The highest BCUT2D eigenvalue weighted by Crippen LogP contribution is 2.21. The SMILES string of the molecule is Cc1ccccc1-c1cnc(NCCCO)nc1. The Morgan fingerprint density at radius 2 is 1.89 bits per heavy atom. The second-order valence-corrected chi connectivity index (χ2v) is 4.11. The molecule has 0 aliphatic rings. The quantitative estimate of drug-likeness (QED) is 0.791. The van der Waals surface area contributed by atoms with Crippen molar-refractivity contribution in [2.24, 2.45) is 0 Å². The van der Waals surface area contributed by atoms with E-state index in [0.29, 0.717) is 18.9 Å². The summed E-state index contributed by atoms with van der Waals surface area (Å²) in [6, 6.07) is 8.16. The largest absolute Gasteiger partial charge is 0.396 e. The van der Waals surface area contributed by atoms with E-state index >= 15 is 0 Å². The van der Waals surface area contributed by atoms with E-state index < -0.39 is 0 Å². The van der Waals surface area contributed by atoms with Gasteiger partial charge in [-0.1, -0.05) is 24.3 Å². The molecule has 0 fully saturated rings. The van der Waals surface area contributed by atoms with E-state index in [1.54, 1.807) is 0 Å². The summed E-state index contributed by atoms with van der Waals surface area (Å²) in [6.07, 6.45) is 4.33. The van der Waals surface area contributed by atoms with Gasteiger partial charge < -0.3 is 10.4 Å². The Bertz CT molecular complexity index is 497. The summed E-state index contributed by atoms with van der Waals surface area (Å²) in [7, 11) is 0. The summed E-state index contributed by atoms with van der Waals surface area (Å²) < 4.78 is 0. The van der Waals surface area contributed by atoms with Crippen molar-refractivity contribution in [1.82, 2.24) is 9.97 Å². The first-order valence-corrected chi connectivity index (χ1v) is 6.04. The van der Waals surface area contributed by atoms with Crippen LogP contribution in [0.1, 0.15) is 12.0 Å². The maximum Gasteiger partial charge on any atom is 0.222 e. The third-order valence-electron chi connectivity index (χ3n) is 2.73. The third kappa shape index (κ3) is 3.05. The first kappa shape index (κ1) is 12.5. The smallest absolute Gasteiger partial charge is 0.222 e. The highest BCUT2D eigenvalue weighted by atomic mass is 16.3. The molecular weight excluding hydrogens is 226 g/mol. The lowest BCUT2D eigenvalue weighted by Crippen LogP contribution is -2.06. The van der Waals surface area contributed by atoms with E-state index in [1.165, 1.54) is 5.56 Å². The second-order valence-electron chi connectivity index (χ2n) is 4.11. The van der Waals surface area contributed by atoms with Crippen molar-refractivity contribution in [3.63, 3.8) is 0 Å². The molecule has 0 saturated heterocycles. The Hall–Kier alpha value is -1.94. The van der Waals surface area contributed by atoms with Crippen LogP contribution in [0, 0.1) is 6.92 Å². The maximum atomic E-state index is 8.69. The molecule has 1 aromatic carbocycles. The number of nitrogens with zero attached hydrogens (tertiary/aromatic N) is 2. The lowest BCUT2D eigenvalue weighted by atomic mass is 10.0. The molecule has 4 nitrogen and oxygen atoms in total. The lowest BCUT2D eigenvalue weighted by Gasteiger charge is -2.06. The molecule has 4 heteroatoms. The Morgan fingerprint density at radius 1 is 1.17 bits per heavy atom. The van der Waals surface area contributed by atoms with Crippen molar-refractivity contribution in [1.29, 1.82) is 0 Å². The van der Waals surface area contributed by atoms with Crippen molar-refractivity contribution in [2.45, 2.75) is 13.3 Å². The van der Waals surface area contributed by atoms with E-state index in [2.05, 4.69) is 34.3 Å². The number of hydrogen-bond acceptors (Lipinski definition) is 4. The molecule has 0 radical (unpaired) electrons. The van der Waals surface area contributed by atoms with Gasteiger partial charge in [-0.15, -0.1) is 0 Å². The van der Waals surface area contributed by atoms with Gasteiger partial charge in [0.15, 0.2) is 0 Å². The first-order valence-electron chi connectivity index (χ1n) is 6.04. The molecule has 0 unspecified atom stereocenters. The van der Waals surface area contributed by atoms with Crippen molar-refractivity contribution in [2.75, 3.05) is 18.5 Å². The van der Waals surface area contributed by atoms with Gasteiger partial charge in [0.2, 0.25) is 5.95 Å². The van der Waals surface area contributed by atoms with Gasteiger partial charge in [0.1, 0.15) is 0 Å². The van der Waals surface area contributed by atoms with Gasteiger partial charge in [-0.3, -0.25) is 0 Å². The summed E-state index contributed by atoms with van der Waals surface area (Å²) >= 11 is 0. The predicted molar refractivity (Wildman–Crippen MR) is 72.4 cm³/mol. The average Bonchev–Trinajstić information content (AvgIpc) is 2.41. The van der Waals surface area contributed by atoms with Gasteiger partial charge in [0.25, 0.3) is 0 Å². The van der Waals surface area contributed by atoms with Gasteiger partial charge in [0, 0.05) is 31.1 Å². The first-order chi connectivity index (χ1) is 8.81. The molecule has 1 aromatic heterocycles. The van der Waals surface area contributed by atoms with Crippen LogP contribution in [0.25, 0.3) is 11.1 Å².